The number of likely N-dealkylation sites (tertiary alicyclic amines) is 1. The van der Waals surface area contributed by atoms with Crippen molar-refractivity contribution in [1.29, 1.82) is 0 Å². The first kappa shape index (κ1) is 20.3. The summed E-state index contributed by atoms with van der Waals surface area (Å²) in [7, 11) is 0. The predicted molar refractivity (Wildman–Crippen MR) is 116 cm³/mol. The van der Waals surface area contributed by atoms with E-state index in [1.807, 2.05) is 35.2 Å². The number of piperidine rings is 1. The number of anilines is 1. The van der Waals surface area contributed by atoms with Crippen molar-refractivity contribution in [2.24, 2.45) is 0 Å². The monoisotopic (exact) mass is 397 g/mol. The van der Waals surface area contributed by atoms with Gasteiger partial charge in [0.25, 0.3) is 0 Å². The number of amides is 3. The van der Waals surface area contributed by atoms with E-state index in [1.165, 1.54) is 11.1 Å². The Morgan fingerprint density at radius 1 is 1.04 bits per heavy atom. The van der Waals surface area contributed by atoms with E-state index in [2.05, 4.69) is 41.8 Å². The minimum atomic E-state index is -0.190. The van der Waals surface area contributed by atoms with Gasteiger partial charge in [-0.05, 0) is 37.5 Å². The van der Waals surface area contributed by atoms with Crippen molar-refractivity contribution in [2.75, 3.05) is 24.2 Å². The number of urea groups is 1. The normalized spacial score (nSPS) is 14.5. The van der Waals surface area contributed by atoms with E-state index in [4.69, 9.17) is 0 Å². The summed E-state index contributed by atoms with van der Waals surface area (Å²) in [5.41, 5.74) is 3.27. The Kier molecular flexibility index (Phi) is 7.37. The van der Waals surface area contributed by atoms with Crippen molar-refractivity contribution in [2.45, 2.75) is 31.6 Å². The molecule has 28 heavy (non-hydrogen) atoms. The Morgan fingerprint density at radius 2 is 1.71 bits per heavy atom. The molecule has 0 radical (unpaired) electrons. The summed E-state index contributed by atoms with van der Waals surface area (Å²) in [6.07, 6.45) is 1.58. The van der Waals surface area contributed by atoms with Gasteiger partial charge in [0.1, 0.15) is 0 Å². The molecule has 0 saturated carbocycles. The summed E-state index contributed by atoms with van der Waals surface area (Å²) in [6.45, 7) is 3.46. The molecular weight excluding hydrogens is 370 g/mol. The Morgan fingerprint density at radius 3 is 2.39 bits per heavy atom. The standard InChI is InChI=1S/C22H27N3O2S/c1-17-7-9-18(10-8-17)15-28-16-21(26)25-13-11-20(12-14-25)24-22(27)23-19-5-3-2-4-6-19/h2-10,20H,11-16H2,1H3,(H2,23,24,27). The lowest BCUT2D eigenvalue weighted by molar-refractivity contribution is -0.129. The number of rotatable bonds is 6. The van der Waals surface area contributed by atoms with Crippen LogP contribution in [0.5, 0.6) is 0 Å². The summed E-state index contributed by atoms with van der Waals surface area (Å²) >= 11 is 1.66. The van der Waals surface area contributed by atoms with Crippen LogP contribution in [-0.2, 0) is 10.5 Å². The first-order valence-electron chi connectivity index (χ1n) is 9.64. The van der Waals surface area contributed by atoms with E-state index >= 15 is 0 Å². The van der Waals surface area contributed by atoms with Gasteiger partial charge in [-0.1, -0.05) is 48.0 Å². The van der Waals surface area contributed by atoms with Crippen molar-refractivity contribution >= 4 is 29.4 Å². The minimum Gasteiger partial charge on any atom is -0.342 e. The summed E-state index contributed by atoms with van der Waals surface area (Å²) in [6, 6.07) is 17.7. The van der Waals surface area contributed by atoms with Gasteiger partial charge in [0.15, 0.2) is 0 Å². The highest BCUT2D eigenvalue weighted by atomic mass is 32.2. The van der Waals surface area contributed by atoms with E-state index < -0.39 is 0 Å². The number of para-hydroxylation sites is 1. The first-order chi connectivity index (χ1) is 13.6. The number of hydrogen-bond donors (Lipinski definition) is 2. The van der Waals surface area contributed by atoms with Crippen LogP contribution in [0.25, 0.3) is 0 Å². The van der Waals surface area contributed by atoms with E-state index in [0.29, 0.717) is 18.8 Å². The van der Waals surface area contributed by atoms with Crippen molar-refractivity contribution < 1.29 is 9.59 Å². The second kappa shape index (κ2) is 10.2. The lowest BCUT2D eigenvalue weighted by atomic mass is 10.1. The van der Waals surface area contributed by atoms with Gasteiger partial charge in [0.05, 0.1) is 5.75 Å². The summed E-state index contributed by atoms with van der Waals surface area (Å²) in [4.78, 5) is 26.4. The van der Waals surface area contributed by atoms with Crippen LogP contribution >= 0.6 is 11.8 Å². The number of thioether (sulfide) groups is 1. The van der Waals surface area contributed by atoms with Crippen LogP contribution in [0.3, 0.4) is 0 Å². The Bertz CT molecular complexity index is 772. The van der Waals surface area contributed by atoms with Crippen molar-refractivity contribution in [1.82, 2.24) is 10.2 Å². The van der Waals surface area contributed by atoms with Crippen LogP contribution in [0.4, 0.5) is 10.5 Å². The van der Waals surface area contributed by atoms with Gasteiger partial charge in [-0.3, -0.25) is 4.79 Å². The largest absolute Gasteiger partial charge is 0.342 e. The molecule has 1 fully saturated rings. The lowest BCUT2D eigenvalue weighted by Crippen LogP contribution is -2.48. The highest BCUT2D eigenvalue weighted by molar-refractivity contribution is 7.99. The second-order valence-corrected chi connectivity index (χ2v) is 8.08. The summed E-state index contributed by atoms with van der Waals surface area (Å²) in [5.74, 6) is 1.54. The minimum absolute atomic E-state index is 0.105. The van der Waals surface area contributed by atoms with Crippen LogP contribution in [0.2, 0.25) is 0 Å². The zero-order valence-corrected chi connectivity index (χ0v) is 17.0. The third-order valence-corrected chi connectivity index (χ3v) is 5.82. The van der Waals surface area contributed by atoms with Gasteiger partial charge in [-0.2, -0.15) is 0 Å². The fourth-order valence-corrected chi connectivity index (χ4v) is 4.07. The summed E-state index contributed by atoms with van der Waals surface area (Å²) in [5, 5.41) is 5.84. The van der Waals surface area contributed by atoms with Crippen LogP contribution in [0.1, 0.15) is 24.0 Å². The van der Waals surface area contributed by atoms with Crippen molar-refractivity contribution in [3.8, 4) is 0 Å². The molecule has 1 aliphatic heterocycles. The quantitative estimate of drug-likeness (QED) is 0.773. The number of nitrogens with zero attached hydrogens (tertiary/aromatic N) is 1. The second-order valence-electron chi connectivity index (χ2n) is 7.10. The average Bonchev–Trinajstić information content (AvgIpc) is 2.70. The third-order valence-electron chi connectivity index (χ3n) is 4.83. The van der Waals surface area contributed by atoms with E-state index in [1.54, 1.807) is 11.8 Å². The first-order valence-corrected chi connectivity index (χ1v) is 10.8. The molecule has 6 heteroatoms. The van der Waals surface area contributed by atoms with Crippen LogP contribution in [0, 0.1) is 6.92 Å². The van der Waals surface area contributed by atoms with Gasteiger partial charge in [0.2, 0.25) is 5.91 Å². The number of aryl methyl sites for hydroxylation is 1. The third kappa shape index (κ3) is 6.30. The zero-order chi connectivity index (χ0) is 19.8. The molecule has 2 aromatic rings. The topological polar surface area (TPSA) is 61.4 Å². The summed E-state index contributed by atoms with van der Waals surface area (Å²) < 4.78 is 0. The van der Waals surface area contributed by atoms with E-state index in [0.717, 1.165) is 24.3 Å². The number of carbonyl (C=O) groups is 2. The SMILES string of the molecule is Cc1ccc(CSCC(=O)N2CCC(NC(=O)Nc3ccccc3)CC2)cc1. The Hall–Kier alpha value is -2.47. The van der Waals surface area contributed by atoms with Gasteiger partial charge in [0, 0.05) is 30.6 Å². The fraction of sp³-hybridized carbons (Fsp3) is 0.364. The van der Waals surface area contributed by atoms with Crippen LogP contribution in [0.15, 0.2) is 54.6 Å². The molecule has 3 amide bonds. The molecule has 0 spiro atoms. The van der Waals surface area contributed by atoms with Gasteiger partial charge in [-0.25, -0.2) is 4.79 Å². The van der Waals surface area contributed by atoms with Crippen molar-refractivity contribution in [3.63, 3.8) is 0 Å². The average molecular weight is 398 g/mol. The van der Waals surface area contributed by atoms with E-state index in [9.17, 15) is 9.59 Å². The maximum Gasteiger partial charge on any atom is 0.319 e. The molecule has 0 atom stereocenters. The Balaban J connectivity index is 1.34. The molecule has 1 heterocycles. The molecule has 0 aromatic heterocycles. The maximum atomic E-state index is 12.4. The zero-order valence-electron chi connectivity index (χ0n) is 16.2. The number of carbonyl (C=O) groups excluding carboxylic acids is 2. The van der Waals surface area contributed by atoms with Gasteiger partial charge in [-0.15, -0.1) is 11.8 Å². The molecule has 0 bridgehead atoms. The van der Waals surface area contributed by atoms with Crippen molar-refractivity contribution in [3.05, 3.63) is 65.7 Å². The molecule has 2 N–H and O–H groups in total. The maximum absolute atomic E-state index is 12.4. The smallest absolute Gasteiger partial charge is 0.319 e. The Labute approximate surface area is 170 Å². The van der Waals surface area contributed by atoms with E-state index in [-0.39, 0.29) is 18.0 Å². The molecule has 2 aromatic carbocycles. The number of benzene rings is 2. The highest BCUT2D eigenvalue weighted by Crippen LogP contribution is 2.16. The molecule has 0 aliphatic carbocycles. The van der Waals surface area contributed by atoms with Gasteiger partial charge >= 0.3 is 6.03 Å². The van der Waals surface area contributed by atoms with Crippen LogP contribution < -0.4 is 10.6 Å². The van der Waals surface area contributed by atoms with Gasteiger partial charge < -0.3 is 15.5 Å². The highest BCUT2D eigenvalue weighted by Gasteiger charge is 2.23. The molecule has 5 nitrogen and oxygen atoms in total. The molecule has 148 valence electrons. The molecule has 3 rings (SSSR count). The molecule has 1 saturated heterocycles. The molecular formula is C22H27N3O2S. The molecule has 0 unspecified atom stereocenters. The number of hydrogen-bond acceptors (Lipinski definition) is 3. The predicted octanol–water partition coefficient (Wildman–Crippen LogP) is 4.04. The molecule has 1 aliphatic rings. The van der Waals surface area contributed by atoms with Crippen LogP contribution in [-0.4, -0.2) is 41.7 Å². The lowest BCUT2D eigenvalue weighted by Gasteiger charge is -2.32. The fourth-order valence-electron chi connectivity index (χ4n) is 3.18. The number of nitrogens with one attached hydrogen (secondary N) is 2.